The van der Waals surface area contributed by atoms with E-state index in [0.29, 0.717) is 0 Å². The van der Waals surface area contributed by atoms with Crippen LogP contribution < -0.4 is 14.8 Å². The van der Waals surface area contributed by atoms with Crippen LogP contribution in [0.15, 0.2) is 53.4 Å². The number of nitrogens with one attached hydrogen (secondary N) is 1. The lowest BCUT2D eigenvalue weighted by Crippen LogP contribution is -2.64. The summed E-state index contributed by atoms with van der Waals surface area (Å²) in [6, 6.07) is 9.94. The topological polar surface area (TPSA) is 120 Å². The zero-order valence-corrected chi connectivity index (χ0v) is 18.9. The molecule has 0 bridgehead atoms. The Hall–Kier alpha value is -3.03. The van der Waals surface area contributed by atoms with E-state index in [-0.39, 0.29) is 29.6 Å². The van der Waals surface area contributed by atoms with Crippen LogP contribution in [0.3, 0.4) is 0 Å². The number of sulfone groups is 1. The summed E-state index contributed by atoms with van der Waals surface area (Å²) in [5.41, 5.74) is -1.50. The summed E-state index contributed by atoms with van der Waals surface area (Å²) in [6.07, 6.45) is -6.23. The molecular weight excluding hydrogens is 483 g/mol. The van der Waals surface area contributed by atoms with Gasteiger partial charge in [-0.3, -0.25) is 0 Å². The van der Waals surface area contributed by atoms with Crippen LogP contribution in [-0.4, -0.2) is 56.3 Å². The summed E-state index contributed by atoms with van der Waals surface area (Å²) < 4.78 is 82.9. The maximum Gasteiger partial charge on any atom is 0.573 e. The van der Waals surface area contributed by atoms with Crippen molar-refractivity contribution in [1.82, 2.24) is 5.32 Å². The number of benzene rings is 2. The van der Waals surface area contributed by atoms with Gasteiger partial charge in [0.25, 0.3) is 0 Å². The monoisotopic (exact) mass is 505 g/mol. The molecule has 34 heavy (non-hydrogen) atoms. The molecule has 1 fully saturated rings. The highest BCUT2D eigenvalue weighted by atomic mass is 32.2. The smallest absolute Gasteiger partial charge is 0.465 e. The van der Waals surface area contributed by atoms with E-state index in [1.54, 1.807) is 13.8 Å². The van der Waals surface area contributed by atoms with Crippen LogP contribution >= 0.6 is 0 Å². The summed E-state index contributed by atoms with van der Waals surface area (Å²) in [4.78, 5) is 11.2. The molecular formula is C21H22F3NO8S. The number of alkyl halides is 3. The van der Waals surface area contributed by atoms with E-state index in [2.05, 4.69) is 10.1 Å². The number of carbonyl (C=O) groups is 1. The Morgan fingerprint density at radius 2 is 1.47 bits per heavy atom. The van der Waals surface area contributed by atoms with Crippen molar-refractivity contribution >= 4 is 15.9 Å². The van der Waals surface area contributed by atoms with Crippen LogP contribution in [-0.2, 0) is 19.3 Å². The van der Waals surface area contributed by atoms with Gasteiger partial charge in [0.1, 0.15) is 22.8 Å². The van der Waals surface area contributed by atoms with Crippen LogP contribution in [0.4, 0.5) is 18.0 Å². The summed E-state index contributed by atoms with van der Waals surface area (Å²) in [5, 5.41) is 11.4. The van der Waals surface area contributed by atoms with Gasteiger partial charge in [0.05, 0.1) is 23.9 Å². The lowest BCUT2D eigenvalue weighted by atomic mass is 10.0. The van der Waals surface area contributed by atoms with E-state index in [4.69, 9.17) is 14.2 Å². The fourth-order valence-electron chi connectivity index (χ4n) is 3.13. The summed E-state index contributed by atoms with van der Waals surface area (Å²) in [6.45, 7) is 2.84. The van der Waals surface area contributed by atoms with Crippen molar-refractivity contribution in [1.29, 1.82) is 0 Å². The first-order valence-corrected chi connectivity index (χ1v) is 11.5. The van der Waals surface area contributed by atoms with Crippen molar-refractivity contribution in [2.45, 2.75) is 36.4 Å². The molecule has 2 aromatic carbocycles. The largest absolute Gasteiger partial charge is 0.573 e. The van der Waals surface area contributed by atoms with E-state index < -0.39 is 45.1 Å². The first-order valence-electron chi connectivity index (χ1n) is 9.83. The second-order valence-corrected chi connectivity index (χ2v) is 10.0. The number of rotatable bonds is 7. The molecule has 0 atom stereocenters. The standard InChI is InChI=1S/C21H22F3NO8S/c1-19(2)30-11-20(12-31-19,25-18(26)27)13-34(28,29)17-9-7-15(8-10-17)32-14-3-5-16(6-4-14)33-21(22,23)24/h3-10,25H,11-13H2,1-2H3,(H,26,27). The zero-order chi connectivity index (χ0) is 25.2. The highest BCUT2D eigenvalue weighted by molar-refractivity contribution is 7.91. The molecule has 186 valence electrons. The Kier molecular flexibility index (Phi) is 7.01. The highest BCUT2D eigenvalue weighted by Gasteiger charge is 2.45. The van der Waals surface area contributed by atoms with E-state index >= 15 is 0 Å². The molecule has 1 aliphatic heterocycles. The number of halogens is 3. The van der Waals surface area contributed by atoms with Gasteiger partial charge in [-0.2, -0.15) is 0 Å². The van der Waals surface area contributed by atoms with Gasteiger partial charge >= 0.3 is 12.5 Å². The van der Waals surface area contributed by atoms with Crippen LogP contribution in [0.2, 0.25) is 0 Å². The van der Waals surface area contributed by atoms with Crippen LogP contribution in [0.25, 0.3) is 0 Å². The second kappa shape index (κ2) is 9.31. The van der Waals surface area contributed by atoms with Gasteiger partial charge in [0, 0.05) is 0 Å². The molecule has 0 radical (unpaired) electrons. The second-order valence-electron chi connectivity index (χ2n) is 8.04. The minimum absolute atomic E-state index is 0.0924. The van der Waals surface area contributed by atoms with Crippen LogP contribution in [0.1, 0.15) is 13.8 Å². The lowest BCUT2D eigenvalue weighted by Gasteiger charge is -2.42. The average molecular weight is 505 g/mol. The van der Waals surface area contributed by atoms with Gasteiger partial charge in [-0.25, -0.2) is 13.2 Å². The Morgan fingerprint density at radius 3 is 1.94 bits per heavy atom. The molecule has 0 saturated carbocycles. The normalized spacial score (nSPS) is 17.6. The van der Waals surface area contributed by atoms with Gasteiger partial charge in [0.2, 0.25) is 0 Å². The summed E-state index contributed by atoms with van der Waals surface area (Å²) in [7, 11) is -3.98. The van der Waals surface area contributed by atoms with Gasteiger partial charge in [-0.05, 0) is 62.4 Å². The van der Waals surface area contributed by atoms with Crippen molar-refractivity contribution < 1.29 is 50.4 Å². The molecule has 1 amide bonds. The number of hydrogen-bond acceptors (Lipinski definition) is 7. The SMILES string of the molecule is CC1(C)OCC(CS(=O)(=O)c2ccc(Oc3ccc(OC(F)(F)F)cc3)cc2)(NC(=O)O)CO1. The molecule has 1 saturated heterocycles. The Labute approximate surface area is 193 Å². The van der Waals surface area contributed by atoms with E-state index in [9.17, 15) is 31.5 Å². The minimum Gasteiger partial charge on any atom is -0.465 e. The Bertz CT molecular complexity index is 1110. The van der Waals surface area contributed by atoms with Crippen molar-refractivity contribution in [3.05, 3.63) is 48.5 Å². The molecule has 1 aliphatic rings. The first-order chi connectivity index (χ1) is 15.7. The van der Waals surface area contributed by atoms with Gasteiger partial charge in [-0.1, -0.05) is 0 Å². The first kappa shape index (κ1) is 25.6. The van der Waals surface area contributed by atoms with Crippen molar-refractivity contribution in [3.8, 4) is 17.2 Å². The van der Waals surface area contributed by atoms with E-state index in [1.165, 1.54) is 36.4 Å². The van der Waals surface area contributed by atoms with Crippen LogP contribution in [0, 0.1) is 0 Å². The molecule has 3 rings (SSSR count). The summed E-state index contributed by atoms with van der Waals surface area (Å²) in [5.74, 6) is -1.57. The molecule has 13 heteroatoms. The number of carboxylic acid groups (broad SMARTS) is 1. The van der Waals surface area contributed by atoms with Crippen molar-refractivity contribution in [3.63, 3.8) is 0 Å². The summed E-state index contributed by atoms with van der Waals surface area (Å²) >= 11 is 0. The van der Waals surface area contributed by atoms with E-state index in [0.717, 1.165) is 12.1 Å². The predicted molar refractivity (Wildman–Crippen MR) is 112 cm³/mol. The molecule has 9 nitrogen and oxygen atoms in total. The number of amides is 1. The quantitative estimate of drug-likeness (QED) is 0.581. The van der Waals surface area contributed by atoms with E-state index in [1.807, 2.05) is 0 Å². The Morgan fingerprint density at radius 1 is 1.00 bits per heavy atom. The highest BCUT2D eigenvalue weighted by Crippen LogP contribution is 2.30. The van der Waals surface area contributed by atoms with Crippen molar-refractivity contribution in [2.24, 2.45) is 0 Å². The fourth-order valence-corrected chi connectivity index (χ4v) is 4.82. The molecule has 0 spiro atoms. The number of hydrogen-bond donors (Lipinski definition) is 2. The van der Waals surface area contributed by atoms with Gasteiger partial charge in [0.15, 0.2) is 15.6 Å². The molecule has 0 unspecified atom stereocenters. The molecule has 0 aromatic heterocycles. The molecule has 2 aromatic rings. The van der Waals surface area contributed by atoms with Gasteiger partial charge < -0.3 is 29.4 Å². The minimum atomic E-state index is -4.81. The molecule has 1 heterocycles. The molecule has 2 N–H and O–H groups in total. The number of ether oxygens (including phenoxy) is 4. The van der Waals surface area contributed by atoms with Gasteiger partial charge in [-0.15, -0.1) is 13.2 Å². The predicted octanol–water partition coefficient (Wildman–Crippen LogP) is 3.94. The fraction of sp³-hybridized carbons (Fsp3) is 0.381. The average Bonchev–Trinajstić information content (AvgIpc) is 2.71. The Balaban J connectivity index is 1.70. The zero-order valence-electron chi connectivity index (χ0n) is 18.1. The third-order valence-electron chi connectivity index (χ3n) is 4.71. The maximum absolute atomic E-state index is 13.0. The maximum atomic E-state index is 13.0. The third kappa shape index (κ3) is 6.98. The lowest BCUT2D eigenvalue weighted by molar-refractivity contribution is -0.274. The third-order valence-corrected chi connectivity index (χ3v) is 6.63. The molecule has 0 aliphatic carbocycles. The van der Waals surface area contributed by atoms with Crippen molar-refractivity contribution in [2.75, 3.05) is 19.0 Å². The van der Waals surface area contributed by atoms with Crippen LogP contribution in [0.5, 0.6) is 17.2 Å².